The lowest BCUT2D eigenvalue weighted by Crippen LogP contribution is -2.28. The van der Waals surface area contributed by atoms with E-state index in [2.05, 4.69) is 14.9 Å². The van der Waals surface area contributed by atoms with Gasteiger partial charge in [-0.2, -0.15) is 0 Å². The third kappa shape index (κ3) is 3.94. The van der Waals surface area contributed by atoms with Gasteiger partial charge in [-0.05, 0) is 68.0 Å². The van der Waals surface area contributed by atoms with E-state index in [0.717, 1.165) is 11.1 Å². The van der Waals surface area contributed by atoms with Crippen molar-refractivity contribution in [1.29, 1.82) is 0 Å². The number of pyridine rings is 1. The fourth-order valence-electron chi connectivity index (χ4n) is 5.11. The predicted octanol–water partition coefficient (Wildman–Crippen LogP) is 5.77. The van der Waals surface area contributed by atoms with E-state index < -0.39 is 26.8 Å². The Morgan fingerprint density at radius 1 is 1.21 bits per heavy atom. The number of rotatable bonds is 7. The number of hydrogen-bond donors (Lipinski definition) is 1. The van der Waals surface area contributed by atoms with E-state index in [0.29, 0.717) is 48.0 Å². The molecule has 1 spiro atoms. The topological polar surface area (TPSA) is 115 Å². The molecule has 0 bridgehead atoms. The molecule has 3 heterocycles. The standard InChI is InChI=1S/C27H22ClFN4O5S/c1-14(15-2-4-16(29)5-3-15)37-25-21(28)10-17(13-30-25)33-22-12-23-19(11-20(22)27(8-9-27)26(33)34)24(31-38-23)32-39(35,36)18-6-7-18/h2-5,10-14,18H,6-9H2,1H3,(H,31,32)/t14-/m0/s1. The Balaban J connectivity index is 1.22. The van der Waals surface area contributed by atoms with Gasteiger partial charge >= 0.3 is 0 Å². The van der Waals surface area contributed by atoms with Crippen molar-refractivity contribution in [3.63, 3.8) is 0 Å². The summed E-state index contributed by atoms with van der Waals surface area (Å²) in [5, 5.41) is 4.27. The SMILES string of the molecule is C[C@H](Oc1ncc(N2C(=O)C3(CC3)c3cc4c(NS(=O)(=O)C5CC5)noc4cc32)cc1Cl)c1ccc(F)cc1. The van der Waals surface area contributed by atoms with Crippen LogP contribution in [-0.2, 0) is 20.2 Å². The molecule has 1 aliphatic heterocycles. The number of anilines is 3. The van der Waals surface area contributed by atoms with Crippen LogP contribution in [0.4, 0.5) is 21.6 Å². The van der Waals surface area contributed by atoms with Crippen LogP contribution >= 0.6 is 11.6 Å². The molecule has 4 aromatic rings. The van der Waals surface area contributed by atoms with Gasteiger partial charge in [0.25, 0.3) is 0 Å². The lowest BCUT2D eigenvalue weighted by Gasteiger charge is -2.20. The molecule has 0 unspecified atom stereocenters. The van der Waals surface area contributed by atoms with E-state index >= 15 is 0 Å². The van der Waals surface area contributed by atoms with Gasteiger partial charge in [0.05, 0.1) is 33.6 Å². The summed E-state index contributed by atoms with van der Waals surface area (Å²) in [7, 11) is -3.53. The van der Waals surface area contributed by atoms with Gasteiger partial charge in [-0.15, -0.1) is 0 Å². The highest BCUT2D eigenvalue weighted by Crippen LogP contribution is 2.60. The number of sulfonamides is 1. The van der Waals surface area contributed by atoms with E-state index in [1.54, 1.807) is 42.2 Å². The molecule has 1 N–H and O–H groups in total. The van der Waals surface area contributed by atoms with Crippen molar-refractivity contribution in [2.75, 3.05) is 9.62 Å². The molecule has 3 aliphatic rings. The Labute approximate surface area is 227 Å². The zero-order chi connectivity index (χ0) is 27.1. The van der Waals surface area contributed by atoms with Crippen molar-refractivity contribution in [3.05, 3.63) is 70.6 Å². The first kappa shape index (κ1) is 24.3. The summed E-state index contributed by atoms with van der Waals surface area (Å²) < 4.78 is 52.2. The number of hydrogen-bond acceptors (Lipinski definition) is 7. The van der Waals surface area contributed by atoms with Gasteiger partial charge < -0.3 is 9.26 Å². The van der Waals surface area contributed by atoms with E-state index in [1.165, 1.54) is 18.3 Å². The predicted molar refractivity (Wildman–Crippen MR) is 142 cm³/mol. The van der Waals surface area contributed by atoms with Crippen molar-refractivity contribution in [2.45, 2.75) is 49.4 Å². The molecule has 1 amide bonds. The number of nitrogens with one attached hydrogen (secondary N) is 1. The first-order valence-corrected chi connectivity index (χ1v) is 14.5. The Kier molecular flexibility index (Phi) is 5.24. The third-order valence-electron chi connectivity index (χ3n) is 7.59. The minimum absolute atomic E-state index is 0.107. The monoisotopic (exact) mass is 568 g/mol. The first-order valence-electron chi connectivity index (χ1n) is 12.5. The van der Waals surface area contributed by atoms with Gasteiger partial charge in [0, 0.05) is 6.07 Å². The molecule has 2 aliphatic carbocycles. The summed E-state index contributed by atoms with van der Waals surface area (Å²) in [6.07, 6.45) is 3.68. The number of aromatic nitrogens is 2. The minimum atomic E-state index is -3.53. The lowest BCUT2D eigenvalue weighted by molar-refractivity contribution is -0.119. The largest absolute Gasteiger partial charge is 0.469 e. The number of ether oxygens (including phenoxy) is 1. The number of halogens is 2. The highest BCUT2D eigenvalue weighted by atomic mass is 35.5. The maximum Gasteiger partial charge on any atom is 0.242 e. The summed E-state index contributed by atoms with van der Waals surface area (Å²) in [5.41, 5.74) is 2.29. The molecule has 39 heavy (non-hydrogen) atoms. The molecule has 12 heteroatoms. The normalized spacial score (nSPS) is 18.4. The maximum atomic E-state index is 13.7. The van der Waals surface area contributed by atoms with Crippen molar-refractivity contribution >= 4 is 55.7 Å². The molecule has 200 valence electrons. The number of nitrogens with zero attached hydrogens (tertiary/aromatic N) is 3. The molecule has 2 aromatic carbocycles. The second kappa shape index (κ2) is 8.40. The summed E-state index contributed by atoms with van der Waals surface area (Å²) in [5.74, 6) is -0.135. The van der Waals surface area contributed by atoms with Crippen LogP contribution in [0.5, 0.6) is 5.88 Å². The van der Waals surface area contributed by atoms with Crippen LogP contribution in [0.2, 0.25) is 5.02 Å². The van der Waals surface area contributed by atoms with Crippen LogP contribution in [0.3, 0.4) is 0 Å². The molecule has 7 rings (SSSR count). The molecule has 2 fully saturated rings. The Bertz CT molecular complexity index is 1770. The van der Waals surface area contributed by atoms with Crippen LogP contribution in [0, 0.1) is 5.82 Å². The fourth-order valence-corrected chi connectivity index (χ4v) is 6.65. The van der Waals surface area contributed by atoms with Gasteiger partial charge in [-0.25, -0.2) is 17.8 Å². The van der Waals surface area contributed by atoms with Gasteiger partial charge in [0.1, 0.15) is 16.9 Å². The third-order valence-corrected chi connectivity index (χ3v) is 9.69. The number of amides is 1. The Morgan fingerprint density at radius 3 is 2.62 bits per heavy atom. The number of fused-ring (bicyclic) bond motifs is 3. The maximum absolute atomic E-state index is 13.7. The zero-order valence-electron chi connectivity index (χ0n) is 20.6. The van der Waals surface area contributed by atoms with Gasteiger partial charge in [-0.1, -0.05) is 28.9 Å². The minimum Gasteiger partial charge on any atom is -0.469 e. The van der Waals surface area contributed by atoms with Gasteiger partial charge in [0.15, 0.2) is 11.4 Å². The van der Waals surface area contributed by atoms with Crippen molar-refractivity contribution in [1.82, 2.24) is 10.1 Å². The molecule has 2 aromatic heterocycles. The zero-order valence-corrected chi connectivity index (χ0v) is 22.2. The van der Waals surface area contributed by atoms with Gasteiger partial charge in [0.2, 0.25) is 21.8 Å². The summed E-state index contributed by atoms with van der Waals surface area (Å²) in [4.78, 5) is 19.6. The molecular formula is C27H22ClFN4O5S. The quantitative estimate of drug-likeness (QED) is 0.301. The van der Waals surface area contributed by atoms with E-state index in [-0.39, 0.29) is 28.4 Å². The second-order valence-electron chi connectivity index (χ2n) is 10.3. The van der Waals surface area contributed by atoms with Crippen molar-refractivity contribution in [3.8, 4) is 5.88 Å². The molecule has 1 atom stereocenters. The van der Waals surface area contributed by atoms with Crippen LogP contribution < -0.4 is 14.4 Å². The molecule has 0 saturated heterocycles. The van der Waals surface area contributed by atoms with Crippen LogP contribution in [0.15, 0.2) is 53.2 Å². The average molecular weight is 569 g/mol. The second-order valence-corrected chi connectivity index (χ2v) is 12.6. The molecule has 0 radical (unpaired) electrons. The summed E-state index contributed by atoms with van der Waals surface area (Å²) >= 11 is 6.54. The van der Waals surface area contributed by atoms with E-state index in [9.17, 15) is 17.6 Å². The Hall–Kier alpha value is -3.70. The number of carbonyl (C=O) groups is 1. The number of carbonyl (C=O) groups excluding carboxylic acids is 1. The lowest BCUT2D eigenvalue weighted by atomic mass is 9.96. The Morgan fingerprint density at radius 2 is 1.95 bits per heavy atom. The first-order chi connectivity index (χ1) is 18.7. The van der Waals surface area contributed by atoms with E-state index in [1.807, 2.05) is 0 Å². The highest BCUT2D eigenvalue weighted by Gasteiger charge is 2.60. The van der Waals surface area contributed by atoms with Crippen molar-refractivity contribution in [2.24, 2.45) is 0 Å². The van der Waals surface area contributed by atoms with Crippen LogP contribution in [0.25, 0.3) is 11.0 Å². The van der Waals surface area contributed by atoms with Crippen molar-refractivity contribution < 1.29 is 26.9 Å². The highest BCUT2D eigenvalue weighted by molar-refractivity contribution is 7.93. The molecular weight excluding hydrogens is 547 g/mol. The fraction of sp³-hybridized carbons (Fsp3) is 0.296. The molecule has 9 nitrogen and oxygen atoms in total. The number of benzene rings is 2. The van der Waals surface area contributed by atoms with Crippen LogP contribution in [-0.4, -0.2) is 29.7 Å². The average Bonchev–Trinajstić information content (AvgIpc) is 3.83. The van der Waals surface area contributed by atoms with Gasteiger partial charge in [-0.3, -0.25) is 14.4 Å². The molecule has 2 saturated carbocycles. The van der Waals surface area contributed by atoms with E-state index in [4.69, 9.17) is 20.9 Å². The smallest absolute Gasteiger partial charge is 0.242 e. The summed E-state index contributed by atoms with van der Waals surface area (Å²) in [6.45, 7) is 1.80. The summed E-state index contributed by atoms with van der Waals surface area (Å²) in [6, 6.07) is 11.1. The van der Waals surface area contributed by atoms with Crippen LogP contribution in [0.1, 0.15) is 49.8 Å².